The summed E-state index contributed by atoms with van der Waals surface area (Å²) in [6.45, 7) is 0. The average molecular weight is 315 g/mol. The maximum atomic E-state index is 12.1. The van der Waals surface area contributed by atoms with Gasteiger partial charge in [-0.15, -0.1) is 11.8 Å². The number of carbonyl (C=O) groups is 1. The third-order valence-electron chi connectivity index (χ3n) is 3.03. The molecule has 0 fully saturated rings. The molecule has 0 unspecified atom stereocenters. The highest BCUT2D eigenvalue weighted by Crippen LogP contribution is 2.30. The van der Waals surface area contributed by atoms with Crippen LogP contribution < -0.4 is 0 Å². The van der Waals surface area contributed by atoms with Crippen LogP contribution in [-0.2, 0) is 0 Å². The van der Waals surface area contributed by atoms with Crippen molar-refractivity contribution in [2.75, 3.05) is 6.26 Å². The minimum Gasteiger partial charge on any atom is -0.502 e. The summed E-state index contributed by atoms with van der Waals surface area (Å²) in [6.07, 6.45) is 4.86. The van der Waals surface area contributed by atoms with E-state index >= 15 is 0 Å². The number of aromatic hydroxyl groups is 1. The Bertz CT molecular complexity index is 756. The number of thioether (sulfide) groups is 1. The molecule has 0 radical (unpaired) electrons. The second-order valence-electron chi connectivity index (χ2n) is 4.37. The van der Waals surface area contributed by atoms with E-state index in [1.807, 2.05) is 30.5 Å². The second-order valence-corrected chi connectivity index (χ2v) is 5.22. The fraction of sp³-hybridized carbons (Fsp3) is 0.0625. The molecule has 1 N–H and O–H groups in total. The molecule has 0 aliphatic rings. The molecule has 0 aliphatic heterocycles. The highest BCUT2D eigenvalue weighted by Gasteiger charge is 2.19. The van der Waals surface area contributed by atoms with Crippen molar-refractivity contribution in [2.24, 2.45) is 0 Å². The van der Waals surface area contributed by atoms with E-state index in [4.69, 9.17) is 0 Å². The Kier molecular flexibility index (Phi) is 4.95. The summed E-state index contributed by atoms with van der Waals surface area (Å²) in [7, 11) is 0. The maximum Gasteiger partial charge on any atom is 0.311 e. The van der Waals surface area contributed by atoms with E-state index in [9.17, 15) is 20.0 Å². The Morgan fingerprint density at radius 3 is 2.64 bits per heavy atom. The van der Waals surface area contributed by atoms with Crippen molar-refractivity contribution in [1.82, 2.24) is 0 Å². The molecule has 0 bridgehead atoms. The van der Waals surface area contributed by atoms with Crippen molar-refractivity contribution in [3.05, 3.63) is 69.8 Å². The van der Waals surface area contributed by atoms with Crippen LogP contribution in [-0.4, -0.2) is 22.1 Å². The molecule has 2 rings (SSSR count). The van der Waals surface area contributed by atoms with Crippen molar-refractivity contribution in [2.45, 2.75) is 4.90 Å². The number of phenolic OH excluding ortho intramolecular Hbond substituents is 1. The van der Waals surface area contributed by atoms with E-state index in [0.29, 0.717) is 0 Å². The van der Waals surface area contributed by atoms with E-state index < -0.39 is 22.1 Å². The molecule has 0 heterocycles. The molecule has 0 saturated carbocycles. The van der Waals surface area contributed by atoms with Crippen LogP contribution in [0.4, 0.5) is 5.69 Å². The van der Waals surface area contributed by atoms with Crippen LogP contribution in [0.2, 0.25) is 0 Å². The summed E-state index contributed by atoms with van der Waals surface area (Å²) in [6, 6.07) is 11.4. The number of para-hydroxylation sites is 1. The first kappa shape index (κ1) is 15.8. The molecule has 0 amide bonds. The van der Waals surface area contributed by atoms with Gasteiger partial charge in [0.15, 0.2) is 5.78 Å². The minimum atomic E-state index is -0.723. The van der Waals surface area contributed by atoms with Crippen molar-refractivity contribution in [3.63, 3.8) is 0 Å². The first-order valence-electron chi connectivity index (χ1n) is 6.36. The third kappa shape index (κ3) is 3.35. The summed E-state index contributed by atoms with van der Waals surface area (Å²) in [4.78, 5) is 23.2. The zero-order chi connectivity index (χ0) is 16.1. The van der Waals surface area contributed by atoms with Crippen molar-refractivity contribution >= 4 is 29.3 Å². The van der Waals surface area contributed by atoms with E-state index in [-0.39, 0.29) is 5.56 Å². The number of carbonyl (C=O) groups excluding carboxylic acids is 1. The van der Waals surface area contributed by atoms with Crippen LogP contribution >= 0.6 is 11.8 Å². The van der Waals surface area contributed by atoms with Crippen LogP contribution in [0.3, 0.4) is 0 Å². The summed E-state index contributed by atoms with van der Waals surface area (Å²) in [5.74, 6) is -1.10. The number of ketones is 1. The van der Waals surface area contributed by atoms with Gasteiger partial charge < -0.3 is 5.11 Å². The summed E-state index contributed by atoms with van der Waals surface area (Å²) in [5.41, 5.74) is 0.295. The van der Waals surface area contributed by atoms with Gasteiger partial charge in [0.25, 0.3) is 0 Å². The number of nitrogens with zero attached hydrogens (tertiary/aromatic N) is 1. The van der Waals surface area contributed by atoms with Crippen molar-refractivity contribution in [1.29, 1.82) is 0 Å². The SMILES string of the molecule is CSc1ccccc1C=CC(=O)c1cccc([N+](=O)[O-])c1O. The monoisotopic (exact) mass is 315 g/mol. The minimum absolute atomic E-state index is 0.0907. The molecule has 0 atom stereocenters. The molecular weight excluding hydrogens is 302 g/mol. The highest BCUT2D eigenvalue weighted by atomic mass is 32.2. The van der Waals surface area contributed by atoms with Crippen LogP contribution in [0, 0.1) is 10.1 Å². The molecule has 0 spiro atoms. The molecule has 5 nitrogen and oxygen atoms in total. The molecule has 0 saturated heterocycles. The topological polar surface area (TPSA) is 80.4 Å². The van der Waals surface area contributed by atoms with Gasteiger partial charge in [0.1, 0.15) is 0 Å². The van der Waals surface area contributed by atoms with Gasteiger partial charge in [0, 0.05) is 11.0 Å². The lowest BCUT2D eigenvalue weighted by Gasteiger charge is -2.03. The predicted molar refractivity (Wildman–Crippen MR) is 86.3 cm³/mol. The Morgan fingerprint density at radius 1 is 1.23 bits per heavy atom. The van der Waals surface area contributed by atoms with Crippen LogP contribution in [0.15, 0.2) is 53.4 Å². The van der Waals surface area contributed by atoms with Gasteiger partial charge in [0.2, 0.25) is 5.75 Å². The summed E-state index contributed by atoms with van der Waals surface area (Å²) in [5, 5.41) is 20.6. The number of phenols is 1. The number of benzene rings is 2. The first-order chi connectivity index (χ1) is 10.5. The Morgan fingerprint density at radius 2 is 1.95 bits per heavy atom. The largest absolute Gasteiger partial charge is 0.502 e. The molecule has 0 aromatic heterocycles. The molecule has 2 aromatic rings. The molecule has 112 valence electrons. The standard InChI is InChI=1S/C16H13NO4S/c1-22-15-8-3-2-5-11(15)9-10-14(18)12-6-4-7-13(16(12)19)17(20)21/h2-10,19H,1H3. The predicted octanol–water partition coefficient (Wildman–Crippen LogP) is 3.92. The van der Waals surface area contributed by atoms with Gasteiger partial charge >= 0.3 is 5.69 Å². The quantitative estimate of drug-likeness (QED) is 0.297. The Labute approximate surface area is 131 Å². The Hall–Kier alpha value is -2.60. The molecule has 2 aromatic carbocycles. The number of nitro benzene ring substituents is 1. The van der Waals surface area contributed by atoms with Crippen LogP contribution in [0.5, 0.6) is 5.75 Å². The number of hydrogen-bond acceptors (Lipinski definition) is 5. The lowest BCUT2D eigenvalue weighted by Crippen LogP contribution is -1.98. The van der Waals surface area contributed by atoms with E-state index in [2.05, 4.69) is 0 Å². The number of hydrogen-bond donors (Lipinski definition) is 1. The van der Waals surface area contributed by atoms with Gasteiger partial charge in [-0.25, -0.2) is 0 Å². The fourth-order valence-corrected chi connectivity index (χ4v) is 2.52. The number of allylic oxidation sites excluding steroid dienone is 1. The van der Waals surface area contributed by atoms with Gasteiger partial charge in [-0.3, -0.25) is 14.9 Å². The van der Waals surface area contributed by atoms with Crippen LogP contribution in [0.1, 0.15) is 15.9 Å². The lowest BCUT2D eigenvalue weighted by molar-refractivity contribution is -0.385. The normalized spacial score (nSPS) is 10.8. The summed E-state index contributed by atoms with van der Waals surface area (Å²) >= 11 is 1.55. The van der Waals surface area contributed by atoms with E-state index in [1.165, 1.54) is 18.2 Å². The van der Waals surface area contributed by atoms with Crippen molar-refractivity contribution < 1.29 is 14.8 Å². The number of rotatable bonds is 5. The van der Waals surface area contributed by atoms with Gasteiger partial charge in [-0.2, -0.15) is 0 Å². The van der Waals surface area contributed by atoms with E-state index in [0.717, 1.165) is 16.5 Å². The zero-order valence-corrected chi connectivity index (χ0v) is 12.5. The summed E-state index contributed by atoms with van der Waals surface area (Å²) < 4.78 is 0. The Balaban J connectivity index is 2.32. The van der Waals surface area contributed by atoms with Crippen molar-refractivity contribution in [3.8, 4) is 5.75 Å². The van der Waals surface area contributed by atoms with Gasteiger partial charge in [0.05, 0.1) is 10.5 Å². The van der Waals surface area contributed by atoms with E-state index in [1.54, 1.807) is 17.8 Å². The average Bonchev–Trinajstić information content (AvgIpc) is 2.52. The fourth-order valence-electron chi connectivity index (χ4n) is 1.94. The molecule has 6 heteroatoms. The van der Waals surface area contributed by atoms with Gasteiger partial charge in [-0.05, 0) is 36.1 Å². The molecule has 0 aliphatic carbocycles. The second kappa shape index (κ2) is 6.91. The molecule has 22 heavy (non-hydrogen) atoms. The third-order valence-corrected chi connectivity index (χ3v) is 3.84. The first-order valence-corrected chi connectivity index (χ1v) is 7.59. The highest BCUT2D eigenvalue weighted by molar-refractivity contribution is 7.98. The maximum absolute atomic E-state index is 12.1. The zero-order valence-electron chi connectivity index (χ0n) is 11.7. The smallest absolute Gasteiger partial charge is 0.311 e. The number of nitro groups is 1. The van der Waals surface area contributed by atoms with Crippen LogP contribution in [0.25, 0.3) is 6.08 Å². The van der Waals surface area contributed by atoms with Gasteiger partial charge in [-0.1, -0.05) is 24.3 Å². The lowest BCUT2D eigenvalue weighted by atomic mass is 10.1. The molecular formula is C16H13NO4S.